The molecule has 3 heterocycles. The van der Waals surface area contributed by atoms with Crippen molar-refractivity contribution in [1.29, 1.82) is 0 Å². The third-order valence-electron chi connectivity index (χ3n) is 4.19. The predicted molar refractivity (Wildman–Crippen MR) is 90.7 cm³/mol. The first kappa shape index (κ1) is 15.1. The second kappa shape index (κ2) is 5.59. The molecular weight excluding hydrogens is 322 g/mol. The maximum atomic E-state index is 12.5. The Bertz CT molecular complexity index is 1010. The summed E-state index contributed by atoms with van der Waals surface area (Å²) in [6.45, 7) is 1.86. The Morgan fingerprint density at radius 2 is 2.28 bits per heavy atom. The number of rotatable bonds is 4. The lowest BCUT2D eigenvalue weighted by molar-refractivity contribution is -0.137. The minimum Gasteiger partial charge on any atom is -0.480 e. The van der Waals surface area contributed by atoms with Crippen LogP contribution in [0.2, 0.25) is 0 Å². The molecular formula is C17H15N5O3. The van der Waals surface area contributed by atoms with Crippen molar-refractivity contribution in [3.8, 4) is 0 Å². The predicted octanol–water partition coefficient (Wildman–Crippen LogP) is 2.05. The van der Waals surface area contributed by atoms with Crippen LogP contribution >= 0.6 is 0 Å². The van der Waals surface area contributed by atoms with E-state index in [1.165, 1.54) is 4.90 Å². The van der Waals surface area contributed by atoms with Crippen LogP contribution in [0.1, 0.15) is 21.6 Å². The maximum absolute atomic E-state index is 12.5. The Morgan fingerprint density at radius 1 is 1.44 bits per heavy atom. The lowest BCUT2D eigenvalue weighted by atomic mass is 10.1. The lowest BCUT2D eigenvalue weighted by Gasteiger charge is -2.13. The minimum atomic E-state index is -1.03. The number of aromatic nitrogens is 3. The van der Waals surface area contributed by atoms with Gasteiger partial charge in [-0.3, -0.25) is 19.7 Å². The third kappa shape index (κ3) is 2.57. The minimum absolute atomic E-state index is 0.285. The van der Waals surface area contributed by atoms with E-state index >= 15 is 0 Å². The van der Waals surface area contributed by atoms with Gasteiger partial charge in [-0.15, -0.1) is 0 Å². The molecule has 0 saturated heterocycles. The molecule has 8 nitrogen and oxygen atoms in total. The quantitative estimate of drug-likeness (QED) is 0.672. The molecule has 0 unspecified atom stereocenters. The number of amides is 1. The van der Waals surface area contributed by atoms with Crippen LogP contribution in [0.4, 0.5) is 11.4 Å². The van der Waals surface area contributed by atoms with Gasteiger partial charge in [-0.25, -0.2) is 0 Å². The number of fused-ring (bicyclic) bond motifs is 2. The summed E-state index contributed by atoms with van der Waals surface area (Å²) in [5, 5.41) is 19.2. The molecule has 25 heavy (non-hydrogen) atoms. The number of carbonyl (C=O) groups is 2. The molecule has 3 aromatic rings. The van der Waals surface area contributed by atoms with Gasteiger partial charge in [0.15, 0.2) is 0 Å². The first-order chi connectivity index (χ1) is 12.0. The zero-order valence-electron chi connectivity index (χ0n) is 13.4. The van der Waals surface area contributed by atoms with Gasteiger partial charge >= 0.3 is 5.97 Å². The number of hydrogen-bond donors (Lipinski definition) is 3. The summed E-state index contributed by atoms with van der Waals surface area (Å²) < 4.78 is 0. The monoisotopic (exact) mass is 337 g/mol. The number of carbonyl (C=O) groups excluding carboxylic acids is 1. The van der Waals surface area contributed by atoms with Crippen LogP contribution in [0.3, 0.4) is 0 Å². The number of carboxylic acid groups (broad SMARTS) is 1. The molecule has 0 saturated carbocycles. The number of anilines is 2. The number of pyridine rings is 1. The van der Waals surface area contributed by atoms with Crippen LogP contribution in [0.25, 0.3) is 11.0 Å². The highest BCUT2D eigenvalue weighted by molar-refractivity contribution is 6.05. The zero-order chi connectivity index (χ0) is 17.6. The average molecular weight is 337 g/mol. The van der Waals surface area contributed by atoms with Gasteiger partial charge in [-0.05, 0) is 24.6 Å². The molecule has 1 aliphatic rings. The summed E-state index contributed by atoms with van der Waals surface area (Å²) >= 11 is 0. The normalized spacial score (nSPS) is 13.3. The highest BCUT2D eigenvalue weighted by Crippen LogP contribution is 2.31. The Balaban J connectivity index is 1.67. The number of carboxylic acids is 1. The maximum Gasteiger partial charge on any atom is 0.323 e. The van der Waals surface area contributed by atoms with Crippen LogP contribution in [0, 0.1) is 6.92 Å². The SMILES string of the molecule is Cc1n[nH]c2cc(Nc3cccc4c3C(=O)N(CC(=O)O)C4)cnc12. The number of aliphatic carboxylic acids is 1. The van der Waals surface area contributed by atoms with Crippen molar-refractivity contribution in [2.45, 2.75) is 13.5 Å². The van der Waals surface area contributed by atoms with Crippen LogP contribution in [-0.4, -0.2) is 43.6 Å². The summed E-state index contributed by atoms with van der Waals surface area (Å²) in [7, 11) is 0. The first-order valence-corrected chi connectivity index (χ1v) is 7.73. The number of nitrogens with one attached hydrogen (secondary N) is 2. The van der Waals surface area contributed by atoms with Crippen molar-refractivity contribution in [2.24, 2.45) is 0 Å². The van der Waals surface area contributed by atoms with Crippen molar-refractivity contribution in [1.82, 2.24) is 20.1 Å². The van der Waals surface area contributed by atoms with Gasteiger partial charge in [0.2, 0.25) is 0 Å². The number of H-pyrrole nitrogens is 1. The van der Waals surface area contributed by atoms with Crippen molar-refractivity contribution in [3.63, 3.8) is 0 Å². The van der Waals surface area contributed by atoms with Crippen molar-refractivity contribution < 1.29 is 14.7 Å². The average Bonchev–Trinajstić information content (AvgIpc) is 3.09. The molecule has 0 bridgehead atoms. The standard InChI is InChI=1S/C17H15N5O3/c1-9-16-13(21-20-9)5-11(6-18-16)19-12-4-2-3-10-7-22(8-14(23)24)17(25)15(10)12/h2-6,19H,7-8H2,1H3,(H,20,21)(H,23,24). The van der Waals surface area contributed by atoms with Crippen molar-refractivity contribution >= 4 is 34.3 Å². The highest BCUT2D eigenvalue weighted by Gasteiger charge is 2.31. The lowest BCUT2D eigenvalue weighted by Crippen LogP contribution is -2.30. The van der Waals surface area contributed by atoms with E-state index in [1.807, 2.05) is 25.1 Å². The summed E-state index contributed by atoms with van der Waals surface area (Å²) in [5.74, 6) is -1.31. The molecule has 126 valence electrons. The van der Waals surface area contributed by atoms with Gasteiger partial charge in [0.25, 0.3) is 5.91 Å². The van der Waals surface area contributed by atoms with E-state index in [-0.39, 0.29) is 12.5 Å². The third-order valence-corrected chi connectivity index (χ3v) is 4.19. The van der Waals surface area contributed by atoms with Gasteiger partial charge in [0.1, 0.15) is 12.1 Å². The van der Waals surface area contributed by atoms with E-state index in [2.05, 4.69) is 20.5 Å². The number of nitrogens with zero attached hydrogens (tertiary/aromatic N) is 3. The number of aromatic amines is 1. The Labute approximate surface area is 142 Å². The summed E-state index contributed by atoms with van der Waals surface area (Å²) in [6, 6.07) is 7.34. The zero-order valence-corrected chi connectivity index (χ0v) is 13.4. The van der Waals surface area contributed by atoms with E-state index in [1.54, 1.807) is 12.3 Å². The van der Waals surface area contributed by atoms with Crippen LogP contribution < -0.4 is 5.32 Å². The molecule has 1 aromatic carbocycles. The molecule has 3 N–H and O–H groups in total. The van der Waals surface area contributed by atoms with Gasteiger partial charge in [-0.2, -0.15) is 5.10 Å². The Hall–Kier alpha value is -3.42. The molecule has 0 aliphatic carbocycles. The van der Waals surface area contributed by atoms with E-state index in [4.69, 9.17) is 5.11 Å². The molecule has 0 spiro atoms. The van der Waals surface area contributed by atoms with E-state index in [0.29, 0.717) is 23.5 Å². The van der Waals surface area contributed by atoms with Crippen molar-refractivity contribution in [3.05, 3.63) is 47.3 Å². The number of aryl methyl sites for hydroxylation is 1. The molecule has 0 atom stereocenters. The second-order valence-electron chi connectivity index (χ2n) is 5.95. The van der Waals surface area contributed by atoms with Gasteiger partial charge < -0.3 is 15.3 Å². The summed E-state index contributed by atoms with van der Waals surface area (Å²) in [5.41, 5.74) is 5.08. The van der Waals surface area contributed by atoms with E-state index < -0.39 is 5.97 Å². The van der Waals surface area contributed by atoms with Gasteiger partial charge in [0, 0.05) is 6.54 Å². The van der Waals surface area contributed by atoms with E-state index in [9.17, 15) is 9.59 Å². The number of benzene rings is 1. The topological polar surface area (TPSA) is 111 Å². The van der Waals surface area contributed by atoms with Crippen molar-refractivity contribution in [2.75, 3.05) is 11.9 Å². The smallest absolute Gasteiger partial charge is 0.323 e. The van der Waals surface area contributed by atoms with Crippen LogP contribution in [-0.2, 0) is 11.3 Å². The Kier molecular flexibility index (Phi) is 3.38. The highest BCUT2D eigenvalue weighted by atomic mass is 16.4. The fraction of sp³-hybridized carbons (Fsp3) is 0.176. The molecule has 1 aliphatic heterocycles. The summed E-state index contributed by atoms with van der Waals surface area (Å²) in [4.78, 5) is 29.2. The molecule has 1 amide bonds. The first-order valence-electron chi connectivity index (χ1n) is 7.73. The van der Waals surface area contributed by atoms with Crippen LogP contribution in [0.15, 0.2) is 30.5 Å². The fourth-order valence-electron chi connectivity index (χ4n) is 3.07. The second-order valence-corrected chi connectivity index (χ2v) is 5.95. The fourth-order valence-corrected chi connectivity index (χ4v) is 3.07. The largest absolute Gasteiger partial charge is 0.480 e. The molecule has 8 heteroatoms. The van der Waals surface area contributed by atoms with Gasteiger partial charge in [-0.1, -0.05) is 12.1 Å². The van der Waals surface area contributed by atoms with Crippen LogP contribution in [0.5, 0.6) is 0 Å². The molecule has 0 radical (unpaired) electrons. The Morgan fingerprint density at radius 3 is 3.08 bits per heavy atom. The van der Waals surface area contributed by atoms with E-state index in [0.717, 1.165) is 22.3 Å². The molecule has 2 aromatic heterocycles. The van der Waals surface area contributed by atoms with Gasteiger partial charge in [0.05, 0.1) is 34.3 Å². The molecule has 4 rings (SSSR count). The number of hydrogen-bond acceptors (Lipinski definition) is 5. The summed E-state index contributed by atoms with van der Waals surface area (Å²) in [6.07, 6.45) is 1.68. The molecule has 0 fully saturated rings.